The van der Waals surface area contributed by atoms with Gasteiger partial charge in [-0.1, -0.05) is 0 Å². The molecule has 1 fully saturated rings. The Morgan fingerprint density at radius 1 is 0.880 bits per heavy atom. The number of hydrogen-bond donors (Lipinski definition) is 0. The van der Waals surface area contributed by atoms with Crippen molar-refractivity contribution in [1.82, 2.24) is 9.80 Å². The molecule has 0 amide bonds. The van der Waals surface area contributed by atoms with Crippen LogP contribution in [0, 0.1) is 0 Å². The van der Waals surface area contributed by atoms with Gasteiger partial charge >= 0.3 is 11.9 Å². The first-order chi connectivity index (χ1) is 11.8. The van der Waals surface area contributed by atoms with E-state index in [1.807, 2.05) is 20.8 Å². The van der Waals surface area contributed by atoms with E-state index >= 15 is 0 Å². The van der Waals surface area contributed by atoms with Crippen LogP contribution in [0.4, 0.5) is 0 Å². The van der Waals surface area contributed by atoms with Gasteiger partial charge in [-0.3, -0.25) is 14.6 Å². The molecule has 0 unspecified atom stereocenters. The Labute approximate surface area is 150 Å². The molecule has 25 heavy (non-hydrogen) atoms. The molecule has 0 radical (unpaired) electrons. The summed E-state index contributed by atoms with van der Waals surface area (Å²) in [5, 5.41) is 0. The number of carbonyl (C=O) groups is 2. The first-order valence-corrected chi connectivity index (χ1v) is 8.69. The summed E-state index contributed by atoms with van der Waals surface area (Å²) < 4.78 is 20.6. The summed E-state index contributed by atoms with van der Waals surface area (Å²) in [6, 6.07) is 0. The third-order valence-corrected chi connectivity index (χ3v) is 3.61. The van der Waals surface area contributed by atoms with Crippen molar-refractivity contribution in [2.45, 2.75) is 26.4 Å². The van der Waals surface area contributed by atoms with Crippen LogP contribution in [0.15, 0.2) is 0 Å². The summed E-state index contributed by atoms with van der Waals surface area (Å²) in [5.74, 6) is -0.555. The van der Waals surface area contributed by atoms with Gasteiger partial charge in [-0.05, 0) is 20.8 Å². The van der Waals surface area contributed by atoms with Gasteiger partial charge in [0.25, 0.3) is 0 Å². The smallest absolute Gasteiger partial charge is 0.332 e. The van der Waals surface area contributed by atoms with Crippen molar-refractivity contribution in [3.8, 4) is 0 Å². The monoisotopic (exact) mass is 360 g/mol. The van der Waals surface area contributed by atoms with Gasteiger partial charge in [-0.15, -0.1) is 0 Å². The van der Waals surface area contributed by atoms with E-state index in [-0.39, 0.29) is 18.5 Å². The second-order valence-corrected chi connectivity index (χ2v) is 6.95. The van der Waals surface area contributed by atoms with Gasteiger partial charge in [0, 0.05) is 32.7 Å². The SMILES string of the molecule is COC(=O)CN1CCN(CCOCCOCC(=O)OC(C)(C)C)CC1. The van der Waals surface area contributed by atoms with Gasteiger partial charge < -0.3 is 18.9 Å². The lowest BCUT2D eigenvalue weighted by Gasteiger charge is -2.33. The molecule has 8 heteroatoms. The highest BCUT2D eigenvalue weighted by Crippen LogP contribution is 2.06. The molecule has 0 spiro atoms. The second kappa shape index (κ2) is 11.4. The minimum Gasteiger partial charge on any atom is -0.468 e. The van der Waals surface area contributed by atoms with Crippen LogP contribution >= 0.6 is 0 Å². The molecule has 8 nitrogen and oxygen atoms in total. The van der Waals surface area contributed by atoms with Crippen molar-refractivity contribution in [2.75, 3.05) is 72.8 Å². The largest absolute Gasteiger partial charge is 0.468 e. The lowest BCUT2D eigenvalue weighted by atomic mass is 10.2. The van der Waals surface area contributed by atoms with Gasteiger partial charge in [-0.25, -0.2) is 4.79 Å². The number of methoxy groups -OCH3 is 1. The first-order valence-electron chi connectivity index (χ1n) is 8.69. The van der Waals surface area contributed by atoms with Crippen LogP contribution < -0.4 is 0 Å². The highest BCUT2D eigenvalue weighted by atomic mass is 16.6. The molecule has 0 atom stereocenters. The highest BCUT2D eigenvalue weighted by Gasteiger charge is 2.19. The van der Waals surface area contributed by atoms with E-state index in [4.69, 9.17) is 14.2 Å². The normalized spacial score (nSPS) is 16.6. The van der Waals surface area contributed by atoms with Crippen molar-refractivity contribution in [2.24, 2.45) is 0 Å². The maximum atomic E-state index is 11.4. The summed E-state index contributed by atoms with van der Waals surface area (Å²) in [7, 11) is 1.41. The molecule has 146 valence electrons. The number of nitrogens with zero attached hydrogens (tertiary/aromatic N) is 2. The van der Waals surface area contributed by atoms with Crippen molar-refractivity contribution in [3.63, 3.8) is 0 Å². The average molecular weight is 360 g/mol. The molecule has 0 aromatic carbocycles. The molecule has 1 heterocycles. The standard InChI is InChI=1S/C17H32N2O6/c1-17(2,3)25-16(21)14-24-12-11-23-10-9-18-5-7-19(8-6-18)13-15(20)22-4/h5-14H2,1-4H3. The van der Waals surface area contributed by atoms with E-state index in [9.17, 15) is 9.59 Å². The van der Waals surface area contributed by atoms with E-state index in [1.165, 1.54) is 7.11 Å². The van der Waals surface area contributed by atoms with Gasteiger partial charge in [0.1, 0.15) is 12.2 Å². The number of hydrogen-bond acceptors (Lipinski definition) is 8. The van der Waals surface area contributed by atoms with Crippen LogP contribution in [0.2, 0.25) is 0 Å². The summed E-state index contributed by atoms with van der Waals surface area (Å²) in [6.45, 7) is 11.6. The van der Waals surface area contributed by atoms with E-state index < -0.39 is 5.60 Å². The Balaban J connectivity index is 1.96. The quantitative estimate of drug-likeness (QED) is 0.403. The zero-order valence-corrected chi connectivity index (χ0v) is 15.9. The van der Waals surface area contributed by atoms with Gasteiger partial charge in [0.15, 0.2) is 0 Å². The molecule has 1 aliphatic heterocycles. The molecule has 1 aliphatic rings. The first kappa shape index (κ1) is 21.8. The third kappa shape index (κ3) is 11.1. The highest BCUT2D eigenvalue weighted by molar-refractivity contribution is 5.71. The Hall–Kier alpha value is -1.22. The Morgan fingerprint density at radius 2 is 1.48 bits per heavy atom. The molecule has 0 N–H and O–H groups in total. The Bertz CT molecular complexity index is 402. The fourth-order valence-electron chi connectivity index (χ4n) is 2.36. The molecule has 1 saturated heterocycles. The summed E-state index contributed by atoms with van der Waals surface area (Å²) in [5.41, 5.74) is -0.488. The molecular weight excluding hydrogens is 328 g/mol. The van der Waals surface area contributed by atoms with Crippen molar-refractivity contribution < 1.29 is 28.5 Å². The zero-order chi connectivity index (χ0) is 18.7. The van der Waals surface area contributed by atoms with Crippen molar-refractivity contribution in [1.29, 1.82) is 0 Å². The molecule has 0 aromatic heterocycles. The second-order valence-electron chi connectivity index (χ2n) is 6.95. The molecule has 0 saturated carbocycles. The number of piperazine rings is 1. The topological polar surface area (TPSA) is 77.5 Å². The third-order valence-electron chi connectivity index (χ3n) is 3.61. The maximum absolute atomic E-state index is 11.4. The predicted octanol–water partition coefficient (Wildman–Crippen LogP) is 0.152. The maximum Gasteiger partial charge on any atom is 0.332 e. The lowest BCUT2D eigenvalue weighted by molar-refractivity contribution is -0.160. The van der Waals surface area contributed by atoms with E-state index in [1.54, 1.807) is 0 Å². The van der Waals surface area contributed by atoms with Gasteiger partial charge in [0.2, 0.25) is 0 Å². The molecule has 0 aliphatic carbocycles. The van der Waals surface area contributed by atoms with Crippen LogP contribution in [0.5, 0.6) is 0 Å². The molecule has 1 rings (SSSR count). The van der Waals surface area contributed by atoms with Crippen LogP contribution in [-0.2, 0) is 28.5 Å². The summed E-state index contributed by atoms with van der Waals surface area (Å²) >= 11 is 0. The minimum atomic E-state index is -0.488. The summed E-state index contributed by atoms with van der Waals surface area (Å²) in [6.07, 6.45) is 0. The molecule has 0 bridgehead atoms. The van der Waals surface area contributed by atoms with E-state index in [0.29, 0.717) is 26.4 Å². The van der Waals surface area contributed by atoms with Crippen LogP contribution in [0.25, 0.3) is 0 Å². The van der Waals surface area contributed by atoms with E-state index in [2.05, 4.69) is 14.5 Å². The minimum absolute atomic E-state index is 0.0528. The van der Waals surface area contributed by atoms with Crippen LogP contribution in [0.1, 0.15) is 20.8 Å². The Kier molecular flexibility index (Phi) is 9.96. The number of carbonyl (C=O) groups excluding carboxylic acids is 2. The van der Waals surface area contributed by atoms with Crippen LogP contribution in [0.3, 0.4) is 0 Å². The van der Waals surface area contributed by atoms with Crippen molar-refractivity contribution >= 4 is 11.9 Å². The molecular formula is C17H32N2O6. The summed E-state index contributed by atoms with van der Waals surface area (Å²) in [4.78, 5) is 27.1. The zero-order valence-electron chi connectivity index (χ0n) is 15.9. The fourth-order valence-corrected chi connectivity index (χ4v) is 2.36. The van der Waals surface area contributed by atoms with Gasteiger partial charge in [0.05, 0.1) is 33.5 Å². The van der Waals surface area contributed by atoms with Gasteiger partial charge in [-0.2, -0.15) is 0 Å². The number of esters is 2. The lowest BCUT2D eigenvalue weighted by Crippen LogP contribution is -2.48. The van der Waals surface area contributed by atoms with E-state index in [0.717, 1.165) is 32.7 Å². The number of ether oxygens (including phenoxy) is 4. The Morgan fingerprint density at radius 3 is 2.08 bits per heavy atom. The average Bonchev–Trinajstić information content (AvgIpc) is 2.53. The predicted molar refractivity (Wildman–Crippen MR) is 92.4 cm³/mol. The fraction of sp³-hybridized carbons (Fsp3) is 0.882. The number of rotatable bonds is 10. The van der Waals surface area contributed by atoms with Crippen LogP contribution in [-0.4, -0.2) is 100 Å². The molecule has 0 aromatic rings. The van der Waals surface area contributed by atoms with Crippen molar-refractivity contribution in [3.05, 3.63) is 0 Å².